The number of benzene rings is 1. The van der Waals surface area contributed by atoms with Gasteiger partial charge in [-0.25, -0.2) is 17.7 Å². The Hall–Kier alpha value is -1.48. The number of hydrogen-bond donors (Lipinski definition) is 1. The van der Waals surface area contributed by atoms with Gasteiger partial charge in [0.2, 0.25) is 10.0 Å². The molecule has 25 heavy (non-hydrogen) atoms. The predicted octanol–water partition coefficient (Wildman–Crippen LogP) is 3.18. The number of rotatable bonds is 4. The van der Waals surface area contributed by atoms with Crippen LogP contribution in [0.3, 0.4) is 0 Å². The van der Waals surface area contributed by atoms with Crippen LogP contribution < -0.4 is 5.32 Å². The summed E-state index contributed by atoms with van der Waals surface area (Å²) in [7, 11) is -0.775. The van der Waals surface area contributed by atoms with Gasteiger partial charge >= 0.3 is 0 Å². The zero-order chi connectivity index (χ0) is 18.2. The normalized spacial score (nSPS) is 14.4. The summed E-state index contributed by atoms with van der Waals surface area (Å²) in [5.41, 5.74) is 1.15. The molecule has 9 heteroatoms. The van der Waals surface area contributed by atoms with Crippen LogP contribution in [0.15, 0.2) is 23.1 Å². The van der Waals surface area contributed by atoms with Gasteiger partial charge in [0.15, 0.2) is 5.13 Å². The van der Waals surface area contributed by atoms with Gasteiger partial charge in [-0.05, 0) is 43.9 Å². The first-order chi connectivity index (χ1) is 11.8. The molecule has 0 spiro atoms. The van der Waals surface area contributed by atoms with Crippen LogP contribution in [-0.4, -0.2) is 37.7 Å². The van der Waals surface area contributed by atoms with Crippen molar-refractivity contribution in [3.63, 3.8) is 0 Å². The molecule has 1 aliphatic rings. The highest BCUT2D eigenvalue weighted by molar-refractivity contribution is 7.89. The Morgan fingerprint density at radius 3 is 2.68 bits per heavy atom. The van der Waals surface area contributed by atoms with Crippen molar-refractivity contribution in [3.8, 4) is 0 Å². The fraction of sp³-hybridized carbons (Fsp3) is 0.375. The van der Waals surface area contributed by atoms with Crippen LogP contribution in [0.4, 0.5) is 5.13 Å². The zero-order valence-electron chi connectivity index (χ0n) is 13.9. The molecule has 134 valence electrons. The fourth-order valence-electron chi connectivity index (χ4n) is 2.62. The summed E-state index contributed by atoms with van der Waals surface area (Å²) in [6.45, 7) is 0. The minimum Gasteiger partial charge on any atom is -0.298 e. The summed E-state index contributed by atoms with van der Waals surface area (Å²) in [5, 5.41) is 3.45. The lowest BCUT2D eigenvalue weighted by Gasteiger charge is -2.13. The number of carbonyl (C=O) groups excluding carboxylic acids is 1. The summed E-state index contributed by atoms with van der Waals surface area (Å²) in [6, 6.07) is 4.09. The first-order valence-corrected chi connectivity index (χ1v) is 10.4. The second-order valence-electron chi connectivity index (χ2n) is 5.98. The number of fused-ring (bicyclic) bond motifs is 1. The highest BCUT2D eigenvalue weighted by atomic mass is 35.5. The van der Waals surface area contributed by atoms with Gasteiger partial charge in [-0.2, -0.15) is 0 Å². The summed E-state index contributed by atoms with van der Waals surface area (Å²) in [5.74, 6) is -0.466. The van der Waals surface area contributed by atoms with Crippen LogP contribution >= 0.6 is 22.9 Å². The Morgan fingerprint density at radius 2 is 2.00 bits per heavy atom. The van der Waals surface area contributed by atoms with E-state index in [-0.39, 0.29) is 15.5 Å². The molecule has 3 rings (SSSR count). The van der Waals surface area contributed by atoms with E-state index in [9.17, 15) is 13.2 Å². The van der Waals surface area contributed by atoms with Gasteiger partial charge < -0.3 is 0 Å². The Labute approximate surface area is 155 Å². The SMILES string of the molecule is CN(C)S(=O)(=O)c1ccc(Cl)c(C(=O)Nc2nc3c(s2)CCCC3)c1. The van der Waals surface area contributed by atoms with Gasteiger partial charge in [-0.3, -0.25) is 10.1 Å². The van der Waals surface area contributed by atoms with Crippen molar-refractivity contribution in [2.45, 2.75) is 30.6 Å². The Balaban J connectivity index is 1.88. The molecule has 2 aromatic rings. The maximum absolute atomic E-state index is 12.6. The maximum Gasteiger partial charge on any atom is 0.259 e. The van der Waals surface area contributed by atoms with E-state index in [0.717, 1.165) is 35.7 Å². The smallest absolute Gasteiger partial charge is 0.259 e. The van der Waals surface area contributed by atoms with Gasteiger partial charge in [0.05, 0.1) is 21.2 Å². The van der Waals surface area contributed by atoms with E-state index in [4.69, 9.17) is 11.6 Å². The molecule has 0 saturated heterocycles. The van der Waals surface area contributed by atoms with Crippen LogP contribution in [0.5, 0.6) is 0 Å². The zero-order valence-corrected chi connectivity index (χ0v) is 16.3. The summed E-state index contributed by atoms with van der Waals surface area (Å²) in [6.07, 6.45) is 4.17. The van der Waals surface area contributed by atoms with Crippen LogP contribution in [-0.2, 0) is 22.9 Å². The lowest BCUT2D eigenvalue weighted by atomic mass is 10.0. The Bertz CT molecular complexity index is 899. The third-order valence-corrected chi connectivity index (χ3v) is 7.24. The fourth-order valence-corrected chi connectivity index (χ4v) is 4.80. The van der Waals surface area contributed by atoms with Crippen molar-refractivity contribution < 1.29 is 13.2 Å². The molecule has 0 bridgehead atoms. The lowest BCUT2D eigenvalue weighted by molar-refractivity contribution is 0.102. The van der Waals surface area contributed by atoms with E-state index in [2.05, 4.69) is 10.3 Å². The number of amides is 1. The number of anilines is 1. The molecule has 0 fully saturated rings. The van der Waals surface area contributed by atoms with Crippen molar-refractivity contribution >= 4 is 44.0 Å². The van der Waals surface area contributed by atoms with E-state index < -0.39 is 15.9 Å². The molecule has 1 N–H and O–H groups in total. The lowest BCUT2D eigenvalue weighted by Crippen LogP contribution is -2.23. The molecule has 0 saturated carbocycles. The van der Waals surface area contributed by atoms with E-state index >= 15 is 0 Å². The minimum atomic E-state index is -3.64. The molecular weight excluding hydrogens is 382 g/mol. The standard InChI is InChI=1S/C16H18ClN3O3S2/c1-20(2)25(22,23)10-7-8-12(17)11(9-10)15(21)19-16-18-13-5-3-4-6-14(13)24-16/h7-9H,3-6H2,1-2H3,(H,18,19,21). The van der Waals surface area contributed by atoms with Gasteiger partial charge in [0.25, 0.3) is 5.91 Å². The maximum atomic E-state index is 12.6. The van der Waals surface area contributed by atoms with Crippen molar-refractivity contribution in [1.82, 2.24) is 9.29 Å². The Kier molecular flexibility index (Phi) is 5.15. The molecule has 1 aromatic carbocycles. The van der Waals surface area contributed by atoms with Crippen LogP contribution in [0.25, 0.3) is 0 Å². The van der Waals surface area contributed by atoms with E-state index in [1.807, 2.05) is 0 Å². The molecule has 1 amide bonds. The van der Waals surface area contributed by atoms with Crippen molar-refractivity contribution in [1.29, 1.82) is 0 Å². The predicted molar refractivity (Wildman–Crippen MR) is 99.0 cm³/mol. The highest BCUT2D eigenvalue weighted by Crippen LogP contribution is 2.30. The molecule has 0 atom stereocenters. The number of thiazole rings is 1. The molecule has 0 unspecified atom stereocenters. The number of carbonyl (C=O) groups is 1. The van der Waals surface area contributed by atoms with Crippen molar-refractivity contribution in [2.75, 3.05) is 19.4 Å². The monoisotopic (exact) mass is 399 g/mol. The molecule has 0 aliphatic heterocycles. The molecule has 1 heterocycles. The van der Waals surface area contributed by atoms with Crippen molar-refractivity contribution in [3.05, 3.63) is 39.4 Å². The van der Waals surface area contributed by atoms with Gasteiger partial charge in [-0.1, -0.05) is 11.6 Å². The quantitative estimate of drug-likeness (QED) is 0.856. The number of hydrogen-bond acceptors (Lipinski definition) is 5. The first-order valence-electron chi connectivity index (χ1n) is 7.81. The molecular formula is C16H18ClN3O3S2. The second-order valence-corrected chi connectivity index (χ2v) is 9.62. The summed E-state index contributed by atoms with van der Waals surface area (Å²) >= 11 is 7.57. The average molecular weight is 400 g/mol. The summed E-state index contributed by atoms with van der Waals surface area (Å²) < 4.78 is 25.6. The first kappa shape index (κ1) is 18.3. The van der Waals surface area contributed by atoms with E-state index in [1.165, 1.54) is 48.5 Å². The average Bonchev–Trinajstić information content (AvgIpc) is 2.96. The third-order valence-electron chi connectivity index (χ3n) is 4.03. The van der Waals surface area contributed by atoms with Crippen molar-refractivity contribution in [2.24, 2.45) is 0 Å². The van der Waals surface area contributed by atoms with Gasteiger partial charge in [0, 0.05) is 19.0 Å². The summed E-state index contributed by atoms with van der Waals surface area (Å²) in [4.78, 5) is 18.2. The third kappa shape index (κ3) is 3.72. The highest BCUT2D eigenvalue weighted by Gasteiger charge is 2.22. The molecule has 1 aromatic heterocycles. The van der Waals surface area contributed by atoms with Crippen LogP contribution in [0.1, 0.15) is 33.8 Å². The number of halogens is 1. The largest absolute Gasteiger partial charge is 0.298 e. The molecule has 0 radical (unpaired) electrons. The topological polar surface area (TPSA) is 79.4 Å². The molecule has 1 aliphatic carbocycles. The van der Waals surface area contributed by atoms with E-state index in [0.29, 0.717) is 5.13 Å². The number of nitrogens with one attached hydrogen (secondary N) is 1. The number of sulfonamides is 1. The van der Waals surface area contributed by atoms with E-state index in [1.54, 1.807) is 0 Å². The molecule has 6 nitrogen and oxygen atoms in total. The van der Waals surface area contributed by atoms with Gasteiger partial charge in [0.1, 0.15) is 0 Å². The van der Waals surface area contributed by atoms with Crippen LogP contribution in [0, 0.1) is 0 Å². The minimum absolute atomic E-state index is 0.0190. The Morgan fingerprint density at radius 1 is 1.28 bits per heavy atom. The second kappa shape index (κ2) is 7.03. The number of aryl methyl sites for hydroxylation is 2. The van der Waals surface area contributed by atoms with Crippen LogP contribution in [0.2, 0.25) is 5.02 Å². The van der Waals surface area contributed by atoms with Gasteiger partial charge in [-0.15, -0.1) is 11.3 Å². The number of nitrogens with zero attached hydrogens (tertiary/aromatic N) is 2. The number of aromatic nitrogens is 1.